The number of nitrogens with zero attached hydrogens (tertiary/aromatic N) is 3. The van der Waals surface area contributed by atoms with Crippen molar-refractivity contribution in [2.45, 2.75) is 25.9 Å². The number of benzene rings is 1. The summed E-state index contributed by atoms with van der Waals surface area (Å²) in [5.41, 5.74) is 2.89. The van der Waals surface area contributed by atoms with Crippen LogP contribution >= 0.6 is 0 Å². The lowest BCUT2D eigenvalue weighted by Crippen LogP contribution is -2.26. The van der Waals surface area contributed by atoms with Crippen molar-refractivity contribution in [3.8, 4) is 0 Å². The molecule has 4 heteroatoms. The van der Waals surface area contributed by atoms with E-state index in [2.05, 4.69) is 9.88 Å². The summed E-state index contributed by atoms with van der Waals surface area (Å²) in [5, 5.41) is 10.0. The average molecular weight is 269 g/mol. The van der Waals surface area contributed by atoms with Crippen LogP contribution in [0, 0.1) is 18.8 Å². The second kappa shape index (κ2) is 4.42. The SMILES string of the molecule is Cc1nc2ccccc2nc1N1CC2CCC(O)C2C1. The highest BCUT2D eigenvalue weighted by Gasteiger charge is 2.42. The molecule has 20 heavy (non-hydrogen) atoms. The number of hydrogen-bond donors (Lipinski definition) is 1. The van der Waals surface area contributed by atoms with Gasteiger partial charge < -0.3 is 10.0 Å². The molecule has 1 aromatic heterocycles. The summed E-state index contributed by atoms with van der Waals surface area (Å²) in [4.78, 5) is 11.8. The van der Waals surface area contributed by atoms with Crippen LogP contribution in [-0.4, -0.2) is 34.3 Å². The number of fused-ring (bicyclic) bond motifs is 2. The zero-order valence-electron chi connectivity index (χ0n) is 11.7. The molecule has 2 aliphatic rings. The van der Waals surface area contributed by atoms with Gasteiger partial charge in [-0.3, -0.25) is 0 Å². The standard InChI is InChI=1S/C16H19N3O/c1-10-16(18-14-5-3-2-4-13(14)17-10)19-8-11-6-7-15(20)12(11)9-19/h2-5,11-12,15,20H,6-9H2,1H3. The first kappa shape index (κ1) is 12.1. The number of hydrogen-bond acceptors (Lipinski definition) is 4. The van der Waals surface area contributed by atoms with Gasteiger partial charge in [-0.25, -0.2) is 9.97 Å². The highest BCUT2D eigenvalue weighted by molar-refractivity contribution is 5.76. The van der Waals surface area contributed by atoms with Crippen LogP contribution in [0.5, 0.6) is 0 Å². The monoisotopic (exact) mass is 269 g/mol. The van der Waals surface area contributed by atoms with Crippen molar-refractivity contribution in [3.63, 3.8) is 0 Å². The molecule has 0 spiro atoms. The summed E-state index contributed by atoms with van der Waals surface area (Å²) in [6.45, 7) is 3.95. The molecule has 1 aliphatic carbocycles. The Morgan fingerprint density at radius 1 is 1.10 bits per heavy atom. The molecule has 4 rings (SSSR count). The molecule has 2 aromatic rings. The van der Waals surface area contributed by atoms with Crippen molar-refractivity contribution < 1.29 is 5.11 Å². The maximum Gasteiger partial charge on any atom is 0.150 e. The van der Waals surface area contributed by atoms with E-state index in [1.165, 1.54) is 0 Å². The molecule has 0 amide bonds. The molecule has 0 radical (unpaired) electrons. The van der Waals surface area contributed by atoms with Crippen molar-refractivity contribution in [1.82, 2.24) is 9.97 Å². The second-order valence-corrected chi connectivity index (χ2v) is 6.09. The van der Waals surface area contributed by atoms with E-state index < -0.39 is 0 Å². The fourth-order valence-corrected chi connectivity index (χ4v) is 3.79. The number of aromatic nitrogens is 2. The van der Waals surface area contributed by atoms with Crippen LogP contribution in [0.2, 0.25) is 0 Å². The van der Waals surface area contributed by atoms with E-state index >= 15 is 0 Å². The molecule has 2 heterocycles. The number of rotatable bonds is 1. The van der Waals surface area contributed by atoms with E-state index in [0.29, 0.717) is 11.8 Å². The Morgan fingerprint density at radius 3 is 2.60 bits per heavy atom. The molecule has 1 N–H and O–H groups in total. The molecule has 4 nitrogen and oxygen atoms in total. The van der Waals surface area contributed by atoms with Gasteiger partial charge >= 0.3 is 0 Å². The van der Waals surface area contributed by atoms with Crippen molar-refractivity contribution in [1.29, 1.82) is 0 Å². The first-order chi connectivity index (χ1) is 9.72. The number of aliphatic hydroxyl groups is 1. The summed E-state index contributed by atoms with van der Waals surface area (Å²) in [6, 6.07) is 8.00. The van der Waals surface area contributed by atoms with Crippen LogP contribution in [0.3, 0.4) is 0 Å². The summed E-state index contributed by atoms with van der Waals surface area (Å²) in [5.74, 6) is 2.03. The normalized spacial score (nSPS) is 29.1. The van der Waals surface area contributed by atoms with Crippen LogP contribution < -0.4 is 4.90 Å². The van der Waals surface area contributed by atoms with Crippen molar-refractivity contribution in [2.24, 2.45) is 11.8 Å². The summed E-state index contributed by atoms with van der Waals surface area (Å²) < 4.78 is 0. The third kappa shape index (κ3) is 1.79. The average Bonchev–Trinajstić information content (AvgIpc) is 3.01. The lowest BCUT2D eigenvalue weighted by molar-refractivity contribution is 0.133. The Morgan fingerprint density at radius 2 is 1.85 bits per heavy atom. The number of anilines is 1. The van der Waals surface area contributed by atoms with Crippen molar-refractivity contribution in [3.05, 3.63) is 30.0 Å². The van der Waals surface area contributed by atoms with Crippen molar-refractivity contribution in [2.75, 3.05) is 18.0 Å². The highest BCUT2D eigenvalue weighted by Crippen LogP contribution is 2.40. The molecule has 1 aliphatic heterocycles. The van der Waals surface area contributed by atoms with Gasteiger partial charge in [0.1, 0.15) is 0 Å². The van der Waals surface area contributed by atoms with Crippen LogP contribution in [0.4, 0.5) is 5.82 Å². The van der Waals surface area contributed by atoms with Gasteiger partial charge in [0, 0.05) is 19.0 Å². The largest absolute Gasteiger partial charge is 0.393 e. The van der Waals surface area contributed by atoms with E-state index in [1.807, 2.05) is 31.2 Å². The molecular weight excluding hydrogens is 250 g/mol. The van der Waals surface area contributed by atoms with E-state index in [1.54, 1.807) is 0 Å². The number of para-hydroxylation sites is 2. The molecule has 1 aromatic carbocycles. The van der Waals surface area contributed by atoms with Gasteiger partial charge in [0.25, 0.3) is 0 Å². The summed E-state index contributed by atoms with van der Waals surface area (Å²) in [7, 11) is 0. The maximum atomic E-state index is 10.0. The zero-order chi connectivity index (χ0) is 13.7. The predicted molar refractivity (Wildman–Crippen MR) is 78.7 cm³/mol. The van der Waals surface area contributed by atoms with Gasteiger partial charge in [-0.1, -0.05) is 12.1 Å². The van der Waals surface area contributed by atoms with Gasteiger partial charge in [-0.15, -0.1) is 0 Å². The van der Waals surface area contributed by atoms with Gasteiger partial charge in [-0.05, 0) is 37.8 Å². The molecule has 2 fully saturated rings. The molecule has 3 atom stereocenters. The van der Waals surface area contributed by atoms with Crippen molar-refractivity contribution >= 4 is 16.9 Å². The quantitative estimate of drug-likeness (QED) is 0.861. The summed E-state index contributed by atoms with van der Waals surface area (Å²) in [6.07, 6.45) is 1.98. The Bertz CT molecular complexity index is 657. The number of aryl methyl sites for hydroxylation is 1. The summed E-state index contributed by atoms with van der Waals surface area (Å²) >= 11 is 0. The minimum absolute atomic E-state index is 0.126. The van der Waals surface area contributed by atoms with Crippen LogP contribution in [0.15, 0.2) is 24.3 Å². The topological polar surface area (TPSA) is 49.2 Å². The molecule has 1 saturated heterocycles. The molecule has 104 valence electrons. The first-order valence-electron chi connectivity index (χ1n) is 7.39. The van der Waals surface area contributed by atoms with Crippen LogP contribution in [0.25, 0.3) is 11.0 Å². The third-order valence-electron chi connectivity index (χ3n) is 4.84. The van der Waals surface area contributed by atoms with Gasteiger partial charge in [0.2, 0.25) is 0 Å². The molecular formula is C16H19N3O. The Labute approximate surface area is 118 Å². The van der Waals surface area contributed by atoms with E-state index in [9.17, 15) is 5.11 Å². The minimum atomic E-state index is -0.126. The molecule has 1 saturated carbocycles. The smallest absolute Gasteiger partial charge is 0.150 e. The fraction of sp³-hybridized carbons (Fsp3) is 0.500. The van der Waals surface area contributed by atoms with E-state index in [-0.39, 0.29) is 6.10 Å². The molecule has 0 bridgehead atoms. The lowest BCUT2D eigenvalue weighted by Gasteiger charge is -2.21. The maximum absolute atomic E-state index is 10.0. The second-order valence-electron chi connectivity index (χ2n) is 6.09. The van der Waals surface area contributed by atoms with E-state index in [0.717, 1.165) is 48.5 Å². The van der Waals surface area contributed by atoms with Crippen LogP contribution in [0.1, 0.15) is 18.5 Å². The highest BCUT2D eigenvalue weighted by atomic mass is 16.3. The van der Waals surface area contributed by atoms with E-state index in [4.69, 9.17) is 4.98 Å². The number of aliphatic hydroxyl groups excluding tert-OH is 1. The van der Waals surface area contributed by atoms with Crippen LogP contribution in [-0.2, 0) is 0 Å². The Kier molecular flexibility index (Phi) is 2.67. The molecule has 3 unspecified atom stereocenters. The zero-order valence-corrected chi connectivity index (χ0v) is 11.7. The Hall–Kier alpha value is -1.68. The predicted octanol–water partition coefficient (Wildman–Crippen LogP) is 2.15. The lowest BCUT2D eigenvalue weighted by atomic mass is 10.00. The van der Waals surface area contributed by atoms with Gasteiger partial charge in [-0.2, -0.15) is 0 Å². The Balaban J connectivity index is 1.71. The first-order valence-corrected chi connectivity index (χ1v) is 7.39. The fourth-order valence-electron chi connectivity index (χ4n) is 3.79. The van der Waals surface area contributed by atoms with Gasteiger partial charge in [0.15, 0.2) is 5.82 Å². The van der Waals surface area contributed by atoms with Gasteiger partial charge in [0.05, 0.1) is 22.8 Å². The minimum Gasteiger partial charge on any atom is -0.393 e. The third-order valence-corrected chi connectivity index (χ3v) is 4.84.